The minimum atomic E-state index is -0.982. The lowest BCUT2D eigenvalue weighted by molar-refractivity contribution is -0.125. The molecule has 45 heavy (non-hydrogen) atoms. The van der Waals surface area contributed by atoms with Gasteiger partial charge in [-0.3, -0.25) is 19.4 Å². The highest BCUT2D eigenvalue weighted by Crippen LogP contribution is 2.43. The van der Waals surface area contributed by atoms with E-state index in [1.54, 1.807) is 0 Å². The van der Waals surface area contributed by atoms with Crippen molar-refractivity contribution >= 4 is 55.7 Å². The molecule has 0 atom stereocenters. The minimum absolute atomic E-state index is 0.235. The van der Waals surface area contributed by atoms with Crippen molar-refractivity contribution < 1.29 is 14.4 Å². The molecular formula is C36H37N5O3S. The lowest BCUT2D eigenvalue weighted by Crippen LogP contribution is -2.61. The highest BCUT2D eigenvalue weighted by molar-refractivity contribution is 7.21. The predicted molar refractivity (Wildman–Crippen MR) is 180 cm³/mol. The normalized spacial score (nSPS) is 16.4. The number of hydrogen-bond donors (Lipinski definition) is 3. The topological polar surface area (TPSA) is 119 Å². The van der Waals surface area contributed by atoms with Crippen molar-refractivity contribution in [1.29, 1.82) is 0 Å². The maximum absolute atomic E-state index is 13.8. The molecule has 2 fully saturated rings. The summed E-state index contributed by atoms with van der Waals surface area (Å²) >= 11 is 1.35. The number of amides is 3. The molecule has 0 unspecified atom stereocenters. The second-order valence-corrected chi connectivity index (χ2v) is 13.6. The van der Waals surface area contributed by atoms with Crippen molar-refractivity contribution in [3.63, 3.8) is 0 Å². The number of benzene rings is 2. The Morgan fingerprint density at radius 2 is 1.78 bits per heavy atom. The maximum atomic E-state index is 13.8. The third kappa shape index (κ3) is 5.09. The molecule has 2 aliphatic carbocycles. The van der Waals surface area contributed by atoms with Crippen LogP contribution in [0.25, 0.3) is 32.4 Å². The van der Waals surface area contributed by atoms with Gasteiger partial charge in [-0.05, 0) is 104 Å². The molecule has 2 saturated carbocycles. The molecule has 9 heteroatoms. The van der Waals surface area contributed by atoms with E-state index in [0.717, 1.165) is 57.2 Å². The maximum Gasteiger partial charge on any atom is 0.259 e. The van der Waals surface area contributed by atoms with Crippen molar-refractivity contribution in [2.75, 3.05) is 5.32 Å². The summed E-state index contributed by atoms with van der Waals surface area (Å²) in [6.45, 7) is 1.86. The van der Waals surface area contributed by atoms with Crippen LogP contribution in [0.5, 0.6) is 0 Å². The number of rotatable bonds is 7. The summed E-state index contributed by atoms with van der Waals surface area (Å²) in [5.74, 6) is -0.495. The number of pyridine rings is 1. The number of carbonyl (C=O) groups is 3. The highest BCUT2D eigenvalue weighted by Gasteiger charge is 2.45. The standard InChI is InChI=1S/C36H37N5O3S/c1-21-26-20-24(13-15-29(26)45-32(21)33(37)42)39-35(44)36(16-8-17-36)40-34(43)23-12-14-25-28(19-23)41(2)31(27-11-6-7-18-38-27)30(25)22-9-4-3-5-10-22/h6-7,11-15,18-20,22H,3-5,8-10,16-17H2,1-2H3,(H2,37,42)(H,39,44)(H,40,43). The molecule has 0 bridgehead atoms. The third-order valence-corrected chi connectivity index (χ3v) is 11.1. The molecule has 2 aliphatic rings. The van der Waals surface area contributed by atoms with E-state index in [4.69, 9.17) is 10.7 Å². The van der Waals surface area contributed by atoms with Crippen molar-refractivity contribution in [2.24, 2.45) is 12.8 Å². The average Bonchev–Trinajstić information content (AvgIpc) is 3.52. The van der Waals surface area contributed by atoms with Gasteiger partial charge < -0.3 is 20.9 Å². The highest BCUT2D eigenvalue weighted by atomic mass is 32.1. The smallest absolute Gasteiger partial charge is 0.259 e. The summed E-state index contributed by atoms with van der Waals surface area (Å²) in [5, 5.41) is 8.17. The molecule has 7 rings (SSSR count). The summed E-state index contributed by atoms with van der Waals surface area (Å²) in [7, 11) is 2.06. The van der Waals surface area contributed by atoms with Crippen LogP contribution in [0.4, 0.5) is 5.69 Å². The molecule has 230 valence electrons. The first-order chi connectivity index (χ1) is 21.8. The summed E-state index contributed by atoms with van der Waals surface area (Å²) < 4.78 is 3.11. The fraction of sp³-hybridized carbons (Fsp3) is 0.333. The monoisotopic (exact) mass is 619 g/mol. The zero-order chi connectivity index (χ0) is 31.3. The molecule has 0 aliphatic heterocycles. The largest absolute Gasteiger partial charge is 0.365 e. The number of nitrogens with zero attached hydrogens (tertiary/aromatic N) is 2. The number of nitrogens with one attached hydrogen (secondary N) is 2. The third-order valence-electron chi connectivity index (χ3n) is 9.84. The van der Waals surface area contributed by atoms with Crippen molar-refractivity contribution in [2.45, 2.75) is 69.7 Å². The van der Waals surface area contributed by atoms with Gasteiger partial charge in [-0.25, -0.2) is 0 Å². The Balaban J connectivity index is 1.17. The van der Waals surface area contributed by atoms with Gasteiger partial charge in [-0.2, -0.15) is 0 Å². The SMILES string of the molecule is Cc1c(C(N)=O)sc2ccc(NC(=O)C3(NC(=O)c4ccc5c(C6CCCCC6)c(-c6ccccn6)n(C)c5c4)CCC3)cc12. The Morgan fingerprint density at radius 1 is 0.978 bits per heavy atom. The number of primary amides is 1. The number of nitrogens with two attached hydrogens (primary N) is 1. The van der Waals surface area contributed by atoms with Crippen LogP contribution in [-0.2, 0) is 11.8 Å². The first-order valence-electron chi connectivity index (χ1n) is 15.8. The second kappa shape index (κ2) is 11.5. The van der Waals surface area contributed by atoms with Gasteiger partial charge in [0.25, 0.3) is 11.8 Å². The second-order valence-electron chi connectivity index (χ2n) is 12.6. The molecule has 0 spiro atoms. The van der Waals surface area contributed by atoms with Gasteiger partial charge >= 0.3 is 0 Å². The number of thiophene rings is 1. The summed E-state index contributed by atoms with van der Waals surface area (Å²) in [4.78, 5) is 44.5. The van der Waals surface area contributed by atoms with Gasteiger partial charge in [-0.1, -0.05) is 31.4 Å². The number of aryl methyl sites for hydroxylation is 2. The van der Waals surface area contributed by atoms with E-state index < -0.39 is 11.4 Å². The number of anilines is 1. The van der Waals surface area contributed by atoms with Gasteiger partial charge in [0.05, 0.1) is 16.3 Å². The van der Waals surface area contributed by atoms with E-state index in [1.165, 1.54) is 36.2 Å². The van der Waals surface area contributed by atoms with Gasteiger partial charge in [0, 0.05) is 40.1 Å². The fourth-order valence-electron chi connectivity index (χ4n) is 7.24. The van der Waals surface area contributed by atoms with E-state index >= 15 is 0 Å². The Bertz CT molecular complexity index is 1970. The molecule has 5 aromatic rings. The van der Waals surface area contributed by atoms with Crippen LogP contribution in [0, 0.1) is 6.92 Å². The van der Waals surface area contributed by atoms with Gasteiger partial charge in [0.15, 0.2) is 0 Å². The number of aromatic nitrogens is 2. The van der Waals surface area contributed by atoms with Gasteiger partial charge in [0.1, 0.15) is 5.54 Å². The van der Waals surface area contributed by atoms with Crippen LogP contribution in [0.15, 0.2) is 60.8 Å². The molecule has 8 nitrogen and oxygen atoms in total. The first kappa shape index (κ1) is 29.2. The minimum Gasteiger partial charge on any atom is -0.365 e. The quantitative estimate of drug-likeness (QED) is 0.178. The lowest BCUT2D eigenvalue weighted by Gasteiger charge is -2.40. The fourth-order valence-corrected chi connectivity index (χ4v) is 8.28. The van der Waals surface area contributed by atoms with Crippen LogP contribution < -0.4 is 16.4 Å². The van der Waals surface area contributed by atoms with E-state index in [9.17, 15) is 14.4 Å². The lowest BCUT2D eigenvalue weighted by atomic mass is 9.75. The molecular weight excluding hydrogens is 582 g/mol. The average molecular weight is 620 g/mol. The summed E-state index contributed by atoms with van der Waals surface area (Å²) in [6.07, 6.45) is 9.86. The van der Waals surface area contributed by atoms with Crippen LogP contribution in [0.2, 0.25) is 0 Å². The van der Waals surface area contributed by atoms with Crippen LogP contribution in [0.3, 0.4) is 0 Å². The molecule has 3 amide bonds. The molecule has 3 heterocycles. The predicted octanol–water partition coefficient (Wildman–Crippen LogP) is 7.20. The Hall–Kier alpha value is -4.50. The zero-order valence-electron chi connectivity index (χ0n) is 25.6. The van der Waals surface area contributed by atoms with E-state index in [1.807, 2.05) is 55.6 Å². The summed E-state index contributed by atoms with van der Waals surface area (Å²) in [6, 6.07) is 17.5. The molecule has 4 N–H and O–H groups in total. The first-order valence-corrected chi connectivity index (χ1v) is 16.6. The number of fused-ring (bicyclic) bond motifs is 2. The number of carbonyl (C=O) groups excluding carboxylic acids is 3. The Morgan fingerprint density at radius 3 is 2.47 bits per heavy atom. The van der Waals surface area contributed by atoms with Gasteiger partial charge in [-0.15, -0.1) is 11.3 Å². The summed E-state index contributed by atoms with van der Waals surface area (Å²) in [5.41, 5.74) is 10.9. The van der Waals surface area contributed by atoms with Gasteiger partial charge in [0.2, 0.25) is 5.91 Å². The number of hydrogen-bond acceptors (Lipinski definition) is 5. The van der Waals surface area contributed by atoms with E-state index in [2.05, 4.69) is 34.4 Å². The molecule has 0 radical (unpaired) electrons. The van der Waals surface area contributed by atoms with Crippen molar-refractivity contribution in [3.05, 3.63) is 82.4 Å². The molecule has 0 saturated heterocycles. The van der Waals surface area contributed by atoms with Crippen LogP contribution >= 0.6 is 11.3 Å². The molecule has 2 aromatic carbocycles. The van der Waals surface area contributed by atoms with Crippen molar-refractivity contribution in [3.8, 4) is 11.4 Å². The van der Waals surface area contributed by atoms with Crippen molar-refractivity contribution in [1.82, 2.24) is 14.9 Å². The Labute approximate surface area is 266 Å². The van der Waals surface area contributed by atoms with Crippen LogP contribution in [-0.4, -0.2) is 32.8 Å². The molecule has 3 aromatic heterocycles. The van der Waals surface area contributed by atoms with E-state index in [0.29, 0.717) is 34.9 Å². The van der Waals surface area contributed by atoms with Crippen LogP contribution in [0.1, 0.15) is 88.4 Å². The Kier molecular flexibility index (Phi) is 7.44. The van der Waals surface area contributed by atoms with E-state index in [-0.39, 0.29) is 11.8 Å². The zero-order valence-corrected chi connectivity index (χ0v) is 26.4.